The van der Waals surface area contributed by atoms with Crippen LogP contribution < -0.4 is 5.43 Å². The molecule has 16 heavy (non-hydrogen) atoms. The lowest BCUT2D eigenvalue weighted by Crippen LogP contribution is -2.18. The van der Waals surface area contributed by atoms with Gasteiger partial charge in [0.05, 0.1) is 0 Å². The predicted octanol–water partition coefficient (Wildman–Crippen LogP) is 2.30. The fraction of sp³-hybridized carbons (Fsp3) is 0.333. The molecule has 4 nitrogen and oxygen atoms in total. The van der Waals surface area contributed by atoms with E-state index in [4.69, 9.17) is 0 Å². The average Bonchev–Trinajstić information content (AvgIpc) is 2.26. The molecule has 1 aromatic carbocycles. The second kappa shape index (κ2) is 5.90. The normalized spacial score (nSPS) is 11.2. The lowest BCUT2D eigenvalue weighted by Gasteiger charge is -2.02. The Hall–Kier alpha value is -1.84. The molecule has 1 rings (SSSR count). The number of rotatable bonds is 4. The molecule has 0 bridgehead atoms. The molecule has 0 aliphatic rings. The van der Waals surface area contributed by atoms with Gasteiger partial charge in [0.25, 0.3) is 5.91 Å². The van der Waals surface area contributed by atoms with Gasteiger partial charge in [0, 0.05) is 11.3 Å². The molecular formula is C12H16N2O2. The first-order valence-corrected chi connectivity index (χ1v) is 5.26. The van der Waals surface area contributed by atoms with Crippen LogP contribution in [-0.2, 0) is 0 Å². The largest absolute Gasteiger partial charge is 0.508 e. The fourth-order valence-electron chi connectivity index (χ4n) is 1.28. The van der Waals surface area contributed by atoms with Crippen molar-refractivity contribution in [1.82, 2.24) is 5.43 Å². The van der Waals surface area contributed by atoms with Crippen LogP contribution in [0.25, 0.3) is 0 Å². The molecule has 0 heterocycles. The number of phenols is 1. The van der Waals surface area contributed by atoms with Crippen molar-refractivity contribution in [3.8, 4) is 5.75 Å². The number of phenolic OH excluding ortho intramolecular Hbond substituents is 1. The predicted molar refractivity (Wildman–Crippen MR) is 63.6 cm³/mol. The van der Waals surface area contributed by atoms with Gasteiger partial charge in [-0.3, -0.25) is 4.79 Å². The van der Waals surface area contributed by atoms with Crippen LogP contribution in [0.3, 0.4) is 0 Å². The molecule has 0 spiro atoms. The summed E-state index contributed by atoms with van der Waals surface area (Å²) < 4.78 is 0. The first-order valence-electron chi connectivity index (χ1n) is 5.26. The van der Waals surface area contributed by atoms with Crippen LogP contribution in [0.4, 0.5) is 0 Å². The van der Waals surface area contributed by atoms with Gasteiger partial charge in [-0.05, 0) is 31.5 Å². The van der Waals surface area contributed by atoms with Gasteiger partial charge in [0.1, 0.15) is 5.75 Å². The van der Waals surface area contributed by atoms with Crippen molar-refractivity contribution in [2.24, 2.45) is 5.10 Å². The highest BCUT2D eigenvalue weighted by Crippen LogP contribution is 2.10. The first kappa shape index (κ1) is 12.2. The van der Waals surface area contributed by atoms with Crippen molar-refractivity contribution in [1.29, 1.82) is 0 Å². The Balaban J connectivity index is 2.63. The molecule has 0 aliphatic carbocycles. The third kappa shape index (κ3) is 3.73. The van der Waals surface area contributed by atoms with Crippen molar-refractivity contribution in [3.63, 3.8) is 0 Å². The van der Waals surface area contributed by atoms with E-state index in [9.17, 15) is 9.90 Å². The number of aromatic hydroxyl groups is 1. The van der Waals surface area contributed by atoms with Gasteiger partial charge in [-0.15, -0.1) is 0 Å². The van der Waals surface area contributed by atoms with E-state index in [0.29, 0.717) is 5.56 Å². The summed E-state index contributed by atoms with van der Waals surface area (Å²) in [7, 11) is 0. The maximum atomic E-state index is 11.6. The molecule has 0 fully saturated rings. The lowest BCUT2D eigenvalue weighted by molar-refractivity contribution is 0.0954. The van der Waals surface area contributed by atoms with E-state index in [2.05, 4.69) is 17.5 Å². The molecule has 86 valence electrons. The zero-order chi connectivity index (χ0) is 12.0. The number of hydrazone groups is 1. The highest BCUT2D eigenvalue weighted by molar-refractivity contribution is 5.95. The number of amides is 1. The standard InChI is InChI=1S/C12H16N2O2/c1-3-5-9(2)13-14-12(16)10-6-4-7-11(15)8-10/h4,6-8,15H,3,5H2,1-2H3,(H,14,16)/b13-9-. The van der Waals surface area contributed by atoms with Crippen LogP contribution >= 0.6 is 0 Å². The summed E-state index contributed by atoms with van der Waals surface area (Å²) in [5.41, 5.74) is 3.73. The molecule has 0 unspecified atom stereocenters. The number of nitrogens with one attached hydrogen (secondary N) is 1. The highest BCUT2D eigenvalue weighted by Gasteiger charge is 2.04. The third-order valence-electron chi connectivity index (χ3n) is 2.07. The first-order chi connectivity index (χ1) is 7.63. The summed E-state index contributed by atoms with van der Waals surface area (Å²) in [6, 6.07) is 6.16. The van der Waals surface area contributed by atoms with Gasteiger partial charge in [-0.2, -0.15) is 5.10 Å². The molecule has 0 atom stereocenters. The summed E-state index contributed by atoms with van der Waals surface area (Å²) in [4.78, 5) is 11.6. The Kier molecular flexibility index (Phi) is 4.51. The molecule has 0 saturated heterocycles. The van der Waals surface area contributed by atoms with Gasteiger partial charge in [-0.25, -0.2) is 5.43 Å². The quantitative estimate of drug-likeness (QED) is 0.604. The molecule has 0 radical (unpaired) electrons. The maximum absolute atomic E-state index is 11.6. The number of carbonyl (C=O) groups is 1. The van der Waals surface area contributed by atoms with E-state index >= 15 is 0 Å². The van der Waals surface area contributed by atoms with E-state index in [1.54, 1.807) is 12.1 Å². The molecule has 2 N–H and O–H groups in total. The van der Waals surface area contributed by atoms with Crippen LogP contribution in [0.1, 0.15) is 37.0 Å². The van der Waals surface area contributed by atoms with Crippen LogP contribution in [0, 0.1) is 0 Å². The zero-order valence-electron chi connectivity index (χ0n) is 9.53. The van der Waals surface area contributed by atoms with Gasteiger partial charge < -0.3 is 5.11 Å². The zero-order valence-corrected chi connectivity index (χ0v) is 9.53. The van der Waals surface area contributed by atoms with E-state index in [1.807, 2.05) is 6.92 Å². The summed E-state index contributed by atoms with van der Waals surface area (Å²) >= 11 is 0. The molecule has 1 amide bonds. The Labute approximate surface area is 95.0 Å². The van der Waals surface area contributed by atoms with E-state index in [-0.39, 0.29) is 11.7 Å². The minimum atomic E-state index is -0.314. The third-order valence-corrected chi connectivity index (χ3v) is 2.07. The summed E-state index contributed by atoms with van der Waals surface area (Å²) in [6.07, 6.45) is 1.86. The molecule has 1 aromatic rings. The second-order valence-electron chi connectivity index (χ2n) is 3.59. The van der Waals surface area contributed by atoms with Crippen LogP contribution in [-0.4, -0.2) is 16.7 Å². The summed E-state index contributed by atoms with van der Waals surface area (Å²) in [5, 5.41) is 13.2. The van der Waals surface area contributed by atoms with E-state index in [1.165, 1.54) is 12.1 Å². The topological polar surface area (TPSA) is 61.7 Å². The van der Waals surface area contributed by atoms with Crippen molar-refractivity contribution in [3.05, 3.63) is 29.8 Å². The Morgan fingerprint density at radius 2 is 2.25 bits per heavy atom. The van der Waals surface area contributed by atoms with Crippen LogP contribution in [0.2, 0.25) is 0 Å². The van der Waals surface area contributed by atoms with Gasteiger partial charge in [0.15, 0.2) is 0 Å². The van der Waals surface area contributed by atoms with Crippen LogP contribution in [0.5, 0.6) is 5.75 Å². The number of carbonyl (C=O) groups excluding carboxylic acids is 1. The minimum Gasteiger partial charge on any atom is -0.508 e. The Morgan fingerprint density at radius 3 is 2.88 bits per heavy atom. The Morgan fingerprint density at radius 1 is 1.50 bits per heavy atom. The van der Waals surface area contributed by atoms with Gasteiger partial charge in [-0.1, -0.05) is 19.4 Å². The Bertz CT molecular complexity index is 400. The van der Waals surface area contributed by atoms with Gasteiger partial charge >= 0.3 is 0 Å². The molecule has 0 aliphatic heterocycles. The van der Waals surface area contributed by atoms with Gasteiger partial charge in [0.2, 0.25) is 0 Å². The van der Waals surface area contributed by atoms with Crippen molar-refractivity contribution < 1.29 is 9.90 Å². The van der Waals surface area contributed by atoms with Crippen molar-refractivity contribution in [2.75, 3.05) is 0 Å². The number of hydrogen-bond donors (Lipinski definition) is 2. The number of benzene rings is 1. The maximum Gasteiger partial charge on any atom is 0.271 e. The number of hydrogen-bond acceptors (Lipinski definition) is 3. The lowest BCUT2D eigenvalue weighted by atomic mass is 10.2. The monoisotopic (exact) mass is 220 g/mol. The van der Waals surface area contributed by atoms with E-state index in [0.717, 1.165) is 18.6 Å². The SMILES string of the molecule is CCC/C(C)=N\NC(=O)c1cccc(O)c1. The smallest absolute Gasteiger partial charge is 0.271 e. The van der Waals surface area contributed by atoms with Crippen LogP contribution in [0.15, 0.2) is 29.4 Å². The fourth-order valence-corrected chi connectivity index (χ4v) is 1.28. The van der Waals surface area contributed by atoms with E-state index < -0.39 is 0 Å². The van der Waals surface area contributed by atoms with Crippen molar-refractivity contribution in [2.45, 2.75) is 26.7 Å². The molecule has 0 aromatic heterocycles. The molecule has 0 saturated carbocycles. The average molecular weight is 220 g/mol. The number of nitrogens with zero attached hydrogens (tertiary/aromatic N) is 1. The summed E-state index contributed by atoms with van der Waals surface area (Å²) in [6.45, 7) is 3.92. The molecule has 4 heteroatoms. The van der Waals surface area contributed by atoms with Crippen molar-refractivity contribution >= 4 is 11.6 Å². The summed E-state index contributed by atoms with van der Waals surface area (Å²) in [5.74, 6) is -0.242. The minimum absolute atomic E-state index is 0.0712. The molecular weight excluding hydrogens is 204 g/mol. The highest BCUT2D eigenvalue weighted by atomic mass is 16.3. The second-order valence-corrected chi connectivity index (χ2v) is 3.59.